The van der Waals surface area contributed by atoms with Crippen LogP contribution in [0, 0.1) is 5.92 Å². The molecule has 0 saturated heterocycles. The lowest BCUT2D eigenvalue weighted by Crippen LogP contribution is -2.58. The lowest BCUT2D eigenvalue weighted by Gasteiger charge is -2.29. The Morgan fingerprint density at radius 1 is 1.21 bits per heavy atom. The zero-order valence-electron chi connectivity index (χ0n) is 19.7. The molecular weight excluding hydrogens is 440 g/mol. The van der Waals surface area contributed by atoms with E-state index in [4.69, 9.17) is 5.11 Å². The summed E-state index contributed by atoms with van der Waals surface area (Å²) in [5.41, 5.74) is 2.48. The van der Waals surface area contributed by atoms with Crippen LogP contribution in [-0.4, -0.2) is 59.4 Å². The topological polar surface area (TPSA) is 145 Å². The van der Waals surface area contributed by atoms with Crippen LogP contribution < -0.4 is 20.9 Å². The molecule has 0 saturated carbocycles. The number of rotatable bonds is 9. The van der Waals surface area contributed by atoms with E-state index >= 15 is 0 Å². The number of hydrogen-bond donors (Lipinski definition) is 4. The lowest BCUT2D eigenvalue weighted by molar-refractivity contribution is -0.137. The van der Waals surface area contributed by atoms with Gasteiger partial charge in [-0.05, 0) is 29.9 Å². The highest BCUT2D eigenvalue weighted by molar-refractivity contribution is 6.08. The number of amides is 4. The van der Waals surface area contributed by atoms with Gasteiger partial charge < -0.3 is 21.1 Å². The van der Waals surface area contributed by atoms with Crippen molar-refractivity contribution in [1.29, 1.82) is 0 Å². The highest BCUT2D eigenvalue weighted by Gasteiger charge is 2.44. The Bertz CT molecular complexity index is 994. The molecule has 0 unspecified atom stereocenters. The van der Waals surface area contributed by atoms with Crippen molar-refractivity contribution in [2.45, 2.75) is 71.0 Å². The Hall–Kier alpha value is -3.43. The van der Waals surface area contributed by atoms with Gasteiger partial charge in [0.15, 0.2) is 0 Å². The molecule has 4 atom stereocenters. The molecule has 1 aromatic rings. The summed E-state index contributed by atoms with van der Waals surface area (Å²) in [4.78, 5) is 63.5. The van der Waals surface area contributed by atoms with Gasteiger partial charge in [-0.3, -0.25) is 28.9 Å². The molecule has 10 heteroatoms. The quantitative estimate of drug-likeness (QED) is 0.412. The van der Waals surface area contributed by atoms with Crippen molar-refractivity contribution in [3.8, 4) is 0 Å². The van der Waals surface area contributed by atoms with Gasteiger partial charge in [-0.1, -0.05) is 38.5 Å². The van der Waals surface area contributed by atoms with Crippen molar-refractivity contribution in [3.63, 3.8) is 0 Å². The largest absolute Gasteiger partial charge is 0.481 e. The number of carboxylic acid groups (broad SMARTS) is 1. The molecular formula is C24H32N4O6. The van der Waals surface area contributed by atoms with Crippen LogP contribution in [0.1, 0.15) is 51.2 Å². The van der Waals surface area contributed by atoms with Crippen molar-refractivity contribution in [3.05, 3.63) is 29.3 Å². The maximum absolute atomic E-state index is 13.6. The first-order valence-corrected chi connectivity index (χ1v) is 11.6. The van der Waals surface area contributed by atoms with E-state index in [0.29, 0.717) is 31.4 Å². The number of nitrogens with zero attached hydrogens (tertiary/aromatic N) is 1. The van der Waals surface area contributed by atoms with E-state index in [-0.39, 0.29) is 30.7 Å². The van der Waals surface area contributed by atoms with Crippen molar-refractivity contribution >= 4 is 35.3 Å². The number of para-hydroxylation sites is 1. The fourth-order valence-electron chi connectivity index (χ4n) is 4.57. The summed E-state index contributed by atoms with van der Waals surface area (Å²) in [6.07, 6.45) is 1.66. The first-order valence-electron chi connectivity index (χ1n) is 11.6. The van der Waals surface area contributed by atoms with Gasteiger partial charge in [0.1, 0.15) is 18.1 Å². The molecule has 0 radical (unpaired) electrons. The highest BCUT2D eigenvalue weighted by Crippen LogP contribution is 2.39. The minimum atomic E-state index is -1.03. The standard InChI is InChI=1S/C24H32N4O6/c1-4-13(2)20(26-14(3)29)23(33)27-17-9-8-15-6-5-7-16-12-18(28(21(15)16)24(17)34)22(32)25-11-10-19(30)31/h5-7,13,17-18,20H,4,8-12H2,1-3H3,(H,25,32)(H,26,29)(H,27,33)(H,30,31)/t13-,17-,18-,20-/m0/s1. The second kappa shape index (κ2) is 10.7. The molecule has 0 spiro atoms. The van der Waals surface area contributed by atoms with Crippen LogP contribution in [0.5, 0.6) is 0 Å². The van der Waals surface area contributed by atoms with Crippen LogP contribution in [0.3, 0.4) is 0 Å². The smallest absolute Gasteiger partial charge is 0.305 e. The molecule has 0 bridgehead atoms. The summed E-state index contributed by atoms with van der Waals surface area (Å²) in [6, 6.07) is 3.21. The third-order valence-corrected chi connectivity index (χ3v) is 6.52. The van der Waals surface area contributed by atoms with Crippen LogP contribution in [-0.2, 0) is 36.8 Å². The summed E-state index contributed by atoms with van der Waals surface area (Å²) in [7, 11) is 0. The molecule has 34 heavy (non-hydrogen) atoms. The first-order chi connectivity index (χ1) is 16.1. The molecule has 1 aromatic carbocycles. The first kappa shape index (κ1) is 25.2. The van der Waals surface area contributed by atoms with Crippen LogP contribution in [0.15, 0.2) is 18.2 Å². The lowest BCUT2D eigenvalue weighted by atomic mass is 9.97. The minimum absolute atomic E-state index is 0.0383. The van der Waals surface area contributed by atoms with Crippen LogP contribution in [0.4, 0.5) is 5.69 Å². The number of aliphatic carboxylic acids is 1. The van der Waals surface area contributed by atoms with E-state index in [9.17, 15) is 24.0 Å². The summed E-state index contributed by atoms with van der Waals surface area (Å²) < 4.78 is 0. The van der Waals surface area contributed by atoms with Gasteiger partial charge in [0.2, 0.25) is 23.6 Å². The Balaban J connectivity index is 1.84. The van der Waals surface area contributed by atoms with Crippen molar-refractivity contribution in [2.24, 2.45) is 5.92 Å². The summed E-state index contributed by atoms with van der Waals surface area (Å²) in [5, 5.41) is 16.9. The number of nitrogens with one attached hydrogen (secondary N) is 3. The molecule has 0 aliphatic carbocycles. The maximum Gasteiger partial charge on any atom is 0.305 e. The predicted molar refractivity (Wildman–Crippen MR) is 124 cm³/mol. The monoisotopic (exact) mass is 472 g/mol. The molecule has 3 rings (SSSR count). The van der Waals surface area contributed by atoms with E-state index in [1.807, 2.05) is 32.0 Å². The van der Waals surface area contributed by atoms with Gasteiger partial charge in [-0.15, -0.1) is 0 Å². The molecule has 10 nitrogen and oxygen atoms in total. The predicted octanol–water partition coefficient (Wildman–Crippen LogP) is 0.517. The van der Waals surface area contributed by atoms with Gasteiger partial charge in [-0.25, -0.2) is 0 Å². The van der Waals surface area contributed by atoms with Gasteiger partial charge in [0.05, 0.1) is 12.1 Å². The Kier molecular flexibility index (Phi) is 7.90. The molecule has 184 valence electrons. The zero-order chi connectivity index (χ0) is 25.0. The number of carbonyl (C=O) groups excluding carboxylic acids is 4. The summed E-state index contributed by atoms with van der Waals surface area (Å²) in [5.74, 6) is -2.74. The van der Waals surface area contributed by atoms with E-state index in [0.717, 1.165) is 11.1 Å². The number of carboxylic acids is 1. The average Bonchev–Trinajstić information content (AvgIpc) is 3.12. The molecule has 4 N–H and O–H groups in total. The SMILES string of the molecule is CC[C@H](C)[C@H](NC(C)=O)C(=O)N[C@H]1CCc2cccc3c2N(C1=O)[C@H](C(=O)NCCC(=O)O)C3. The number of carbonyl (C=O) groups is 5. The Morgan fingerprint density at radius 3 is 2.56 bits per heavy atom. The molecule has 2 aliphatic heterocycles. The second-order valence-corrected chi connectivity index (χ2v) is 8.95. The van der Waals surface area contributed by atoms with E-state index in [1.54, 1.807) is 0 Å². The number of aryl methyl sites for hydroxylation is 1. The number of anilines is 1. The number of benzene rings is 1. The summed E-state index contributed by atoms with van der Waals surface area (Å²) in [6.45, 7) is 5.08. The van der Waals surface area contributed by atoms with Crippen LogP contribution in [0.25, 0.3) is 0 Å². The zero-order valence-corrected chi connectivity index (χ0v) is 19.7. The third-order valence-electron chi connectivity index (χ3n) is 6.52. The summed E-state index contributed by atoms with van der Waals surface area (Å²) >= 11 is 0. The molecule has 0 aromatic heterocycles. The fraction of sp³-hybridized carbons (Fsp3) is 0.542. The van der Waals surface area contributed by atoms with Crippen molar-refractivity contribution in [2.75, 3.05) is 11.4 Å². The van der Waals surface area contributed by atoms with Gasteiger partial charge in [-0.2, -0.15) is 0 Å². The molecule has 4 amide bonds. The molecule has 2 heterocycles. The van der Waals surface area contributed by atoms with Crippen molar-refractivity contribution < 1.29 is 29.1 Å². The van der Waals surface area contributed by atoms with Gasteiger partial charge >= 0.3 is 5.97 Å². The number of hydrogen-bond acceptors (Lipinski definition) is 5. The molecule has 2 aliphatic rings. The minimum Gasteiger partial charge on any atom is -0.481 e. The van der Waals surface area contributed by atoms with E-state index in [1.165, 1.54) is 11.8 Å². The van der Waals surface area contributed by atoms with Crippen LogP contribution in [0.2, 0.25) is 0 Å². The fourth-order valence-corrected chi connectivity index (χ4v) is 4.57. The van der Waals surface area contributed by atoms with Crippen molar-refractivity contribution in [1.82, 2.24) is 16.0 Å². The second-order valence-electron chi connectivity index (χ2n) is 8.95. The van der Waals surface area contributed by atoms with Gasteiger partial charge in [0, 0.05) is 19.9 Å². The average molecular weight is 473 g/mol. The Labute approximate surface area is 198 Å². The third kappa shape index (κ3) is 5.37. The molecule has 0 fully saturated rings. The Morgan fingerprint density at radius 2 is 1.91 bits per heavy atom. The van der Waals surface area contributed by atoms with Crippen LogP contribution >= 0.6 is 0 Å². The normalized spacial score (nSPS) is 20.6. The maximum atomic E-state index is 13.6. The van der Waals surface area contributed by atoms with E-state index < -0.39 is 35.9 Å². The van der Waals surface area contributed by atoms with E-state index in [2.05, 4.69) is 16.0 Å². The van der Waals surface area contributed by atoms with Gasteiger partial charge in [0.25, 0.3) is 0 Å². The highest BCUT2D eigenvalue weighted by atomic mass is 16.4.